The molecule has 2 aromatic heterocycles. The van der Waals surface area contributed by atoms with Crippen LogP contribution in [0.5, 0.6) is 0 Å². The van der Waals surface area contributed by atoms with Crippen LogP contribution in [0.1, 0.15) is 29.3 Å². The number of carbonyl (C=O) groups excluding carboxylic acids is 2. The summed E-state index contributed by atoms with van der Waals surface area (Å²) in [6.07, 6.45) is 6.17. The number of aromatic nitrogens is 3. The van der Waals surface area contributed by atoms with Crippen LogP contribution in [-0.4, -0.2) is 62.9 Å². The van der Waals surface area contributed by atoms with Crippen LogP contribution in [0.4, 0.5) is 0 Å². The Labute approximate surface area is 149 Å². The Kier molecular flexibility index (Phi) is 4.33. The molecule has 0 spiro atoms. The molecule has 1 aliphatic heterocycles. The predicted molar refractivity (Wildman–Crippen MR) is 90.5 cm³/mol. The number of aliphatic hydroxyl groups excluding tert-OH is 1. The van der Waals surface area contributed by atoms with Crippen LogP contribution in [0, 0.1) is 5.92 Å². The molecule has 3 heterocycles. The molecule has 2 aromatic rings. The smallest absolute Gasteiger partial charge is 0.257 e. The zero-order valence-electron chi connectivity index (χ0n) is 14.4. The van der Waals surface area contributed by atoms with Gasteiger partial charge in [-0.2, -0.15) is 5.10 Å². The Morgan fingerprint density at radius 3 is 2.96 bits per heavy atom. The third kappa shape index (κ3) is 2.82. The van der Waals surface area contributed by atoms with E-state index in [1.165, 1.54) is 17.6 Å². The van der Waals surface area contributed by atoms with Crippen molar-refractivity contribution in [1.29, 1.82) is 0 Å². The van der Waals surface area contributed by atoms with Crippen molar-refractivity contribution in [3.8, 4) is 0 Å². The van der Waals surface area contributed by atoms with Gasteiger partial charge in [0.25, 0.3) is 5.91 Å². The second-order valence-electron chi connectivity index (χ2n) is 6.78. The first kappa shape index (κ1) is 16.9. The second-order valence-corrected chi connectivity index (χ2v) is 6.78. The lowest BCUT2D eigenvalue weighted by molar-refractivity contribution is -0.123. The third-order valence-electron chi connectivity index (χ3n) is 5.11. The molecule has 2 fully saturated rings. The number of ether oxygens (including phenoxy) is 1. The molecule has 9 heteroatoms. The van der Waals surface area contributed by atoms with Gasteiger partial charge in [-0.25, -0.2) is 9.50 Å². The molecule has 2 aliphatic rings. The molecule has 26 heavy (non-hydrogen) atoms. The number of nitrogens with one attached hydrogen (secondary N) is 2. The number of hydrogen-bond donors (Lipinski definition) is 3. The van der Waals surface area contributed by atoms with E-state index in [9.17, 15) is 9.59 Å². The molecule has 1 saturated heterocycles. The fourth-order valence-corrected chi connectivity index (χ4v) is 3.87. The molecule has 0 radical (unpaired) electrons. The fraction of sp³-hybridized carbons (Fsp3) is 0.529. The van der Waals surface area contributed by atoms with E-state index in [0.29, 0.717) is 24.2 Å². The highest BCUT2D eigenvalue weighted by atomic mass is 16.5. The number of aliphatic hydroxyl groups is 1. The van der Waals surface area contributed by atoms with E-state index >= 15 is 0 Å². The molecule has 138 valence electrons. The Bertz CT molecular complexity index is 851. The molecule has 4 atom stereocenters. The van der Waals surface area contributed by atoms with Gasteiger partial charge >= 0.3 is 0 Å². The number of nitrogens with zero attached hydrogens (tertiary/aromatic N) is 3. The van der Waals surface area contributed by atoms with Gasteiger partial charge in [0.2, 0.25) is 5.91 Å². The lowest BCUT2D eigenvalue weighted by atomic mass is 9.71. The van der Waals surface area contributed by atoms with Crippen LogP contribution in [-0.2, 0) is 16.0 Å². The molecule has 1 aliphatic carbocycles. The highest BCUT2D eigenvalue weighted by Gasteiger charge is 2.55. The summed E-state index contributed by atoms with van der Waals surface area (Å²) in [5.41, 5.74) is 1.68. The molecule has 1 saturated carbocycles. The second kappa shape index (κ2) is 6.65. The number of amides is 2. The largest absolute Gasteiger partial charge is 0.396 e. The zero-order valence-corrected chi connectivity index (χ0v) is 14.4. The molecule has 0 unspecified atom stereocenters. The van der Waals surface area contributed by atoms with E-state index in [-0.39, 0.29) is 42.5 Å². The Morgan fingerprint density at radius 1 is 1.35 bits per heavy atom. The maximum Gasteiger partial charge on any atom is 0.257 e. The zero-order chi connectivity index (χ0) is 18.3. The Balaban J connectivity index is 1.52. The molecular formula is C17H21N5O4. The van der Waals surface area contributed by atoms with Gasteiger partial charge in [-0.1, -0.05) is 0 Å². The van der Waals surface area contributed by atoms with Crippen molar-refractivity contribution in [1.82, 2.24) is 25.2 Å². The van der Waals surface area contributed by atoms with Gasteiger partial charge in [-0.3, -0.25) is 9.59 Å². The summed E-state index contributed by atoms with van der Waals surface area (Å²) in [5.74, 6) is -0.202. The summed E-state index contributed by atoms with van der Waals surface area (Å²) in [6.45, 7) is 2.13. The van der Waals surface area contributed by atoms with Crippen LogP contribution in [0.25, 0.3) is 5.65 Å². The van der Waals surface area contributed by atoms with Crippen molar-refractivity contribution in [2.75, 3.05) is 13.2 Å². The first-order valence-electron chi connectivity index (χ1n) is 8.71. The minimum Gasteiger partial charge on any atom is -0.396 e. The number of rotatable bonds is 5. The van der Waals surface area contributed by atoms with Crippen LogP contribution in [0.2, 0.25) is 0 Å². The number of hydrogen-bond acceptors (Lipinski definition) is 6. The van der Waals surface area contributed by atoms with Crippen molar-refractivity contribution in [3.05, 3.63) is 29.7 Å². The van der Waals surface area contributed by atoms with Crippen molar-refractivity contribution < 1.29 is 19.4 Å². The molecular weight excluding hydrogens is 338 g/mol. The SMILES string of the molecule is CC(=O)N[C@@H]1[C@@H](NC(=O)c2cnn3cc(CCO)cnc23)[C@H]2CCO[C@H]21. The summed E-state index contributed by atoms with van der Waals surface area (Å²) < 4.78 is 7.19. The summed E-state index contributed by atoms with van der Waals surface area (Å²) in [6, 6.07) is -0.377. The van der Waals surface area contributed by atoms with Crippen LogP contribution in [0.15, 0.2) is 18.6 Å². The highest BCUT2D eigenvalue weighted by molar-refractivity contribution is 6.00. The summed E-state index contributed by atoms with van der Waals surface area (Å²) in [4.78, 5) is 28.5. The number of carbonyl (C=O) groups is 2. The fourth-order valence-electron chi connectivity index (χ4n) is 3.87. The minimum absolute atomic E-state index is 0.0264. The van der Waals surface area contributed by atoms with Crippen LogP contribution < -0.4 is 10.6 Å². The third-order valence-corrected chi connectivity index (χ3v) is 5.11. The van der Waals surface area contributed by atoms with Crippen molar-refractivity contribution >= 4 is 17.5 Å². The van der Waals surface area contributed by atoms with E-state index in [2.05, 4.69) is 20.7 Å². The van der Waals surface area contributed by atoms with Gasteiger partial charge in [0.1, 0.15) is 5.56 Å². The number of fused-ring (bicyclic) bond motifs is 2. The summed E-state index contributed by atoms with van der Waals surface area (Å²) in [7, 11) is 0. The molecule has 2 amide bonds. The van der Waals surface area contributed by atoms with Crippen molar-refractivity contribution in [3.63, 3.8) is 0 Å². The Morgan fingerprint density at radius 2 is 2.19 bits per heavy atom. The van der Waals surface area contributed by atoms with Gasteiger partial charge in [0, 0.05) is 38.4 Å². The topological polar surface area (TPSA) is 118 Å². The summed E-state index contributed by atoms with van der Waals surface area (Å²) >= 11 is 0. The van der Waals surface area contributed by atoms with E-state index in [0.717, 1.165) is 12.0 Å². The van der Waals surface area contributed by atoms with E-state index in [1.807, 2.05) is 0 Å². The average Bonchev–Trinajstić information content (AvgIpc) is 3.22. The molecule has 0 aromatic carbocycles. The van der Waals surface area contributed by atoms with Crippen molar-refractivity contribution in [2.24, 2.45) is 5.92 Å². The normalized spacial score (nSPS) is 27.0. The standard InChI is InChI=1S/C17H21N5O4/c1-9(24)20-14-13(11-3-5-26-15(11)14)21-17(25)12-7-19-22-8-10(2-4-23)6-18-16(12)22/h6-8,11,13-15,23H,2-5H2,1H3,(H,20,24)(H,21,25)/t11-,13+,14-,15-/m1/s1. The van der Waals surface area contributed by atoms with Gasteiger partial charge in [0.05, 0.1) is 24.4 Å². The molecule has 9 nitrogen and oxygen atoms in total. The quantitative estimate of drug-likeness (QED) is 0.649. The van der Waals surface area contributed by atoms with Gasteiger partial charge < -0.3 is 20.5 Å². The van der Waals surface area contributed by atoms with Crippen LogP contribution in [0.3, 0.4) is 0 Å². The lowest BCUT2D eigenvalue weighted by Crippen LogP contribution is -2.70. The van der Waals surface area contributed by atoms with E-state index in [1.54, 1.807) is 12.4 Å². The van der Waals surface area contributed by atoms with Crippen LogP contribution >= 0.6 is 0 Å². The highest BCUT2D eigenvalue weighted by Crippen LogP contribution is 2.39. The van der Waals surface area contributed by atoms with Gasteiger partial charge in [0.15, 0.2) is 5.65 Å². The monoisotopic (exact) mass is 359 g/mol. The molecule has 3 N–H and O–H groups in total. The van der Waals surface area contributed by atoms with E-state index < -0.39 is 0 Å². The minimum atomic E-state index is -0.270. The summed E-state index contributed by atoms with van der Waals surface area (Å²) in [5, 5.41) is 19.1. The Hall–Kier alpha value is -2.52. The predicted octanol–water partition coefficient (Wildman–Crippen LogP) is -0.714. The molecule has 4 rings (SSSR count). The maximum atomic E-state index is 12.8. The average molecular weight is 359 g/mol. The maximum absolute atomic E-state index is 12.8. The van der Waals surface area contributed by atoms with Gasteiger partial charge in [-0.15, -0.1) is 0 Å². The van der Waals surface area contributed by atoms with E-state index in [4.69, 9.17) is 9.84 Å². The lowest BCUT2D eigenvalue weighted by Gasteiger charge is -2.47. The molecule has 0 bridgehead atoms. The van der Waals surface area contributed by atoms with Crippen molar-refractivity contribution in [2.45, 2.75) is 38.0 Å². The van der Waals surface area contributed by atoms with Gasteiger partial charge in [-0.05, 0) is 18.4 Å². The first-order valence-corrected chi connectivity index (χ1v) is 8.71. The first-order chi connectivity index (χ1) is 12.6.